The van der Waals surface area contributed by atoms with Gasteiger partial charge in [-0.1, -0.05) is 50.6 Å². The first-order valence-electron chi connectivity index (χ1n) is 6.60. The summed E-state index contributed by atoms with van der Waals surface area (Å²) in [4.78, 5) is 12.1. The van der Waals surface area contributed by atoms with Crippen LogP contribution < -0.4 is 4.74 Å². The van der Waals surface area contributed by atoms with Gasteiger partial charge in [-0.2, -0.15) is 0 Å². The Hall–Kier alpha value is -2.29. The molecule has 0 radical (unpaired) electrons. The molecule has 20 heavy (non-hydrogen) atoms. The summed E-state index contributed by atoms with van der Waals surface area (Å²) in [7, 11) is 1.51. The molecule has 0 aliphatic carbocycles. The summed E-state index contributed by atoms with van der Waals surface area (Å²) in [5.74, 6) is 0.246. The molecule has 0 aliphatic rings. The third-order valence-corrected chi connectivity index (χ3v) is 2.49. The van der Waals surface area contributed by atoms with Crippen LogP contribution in [0.5, 0.6) is 11.5 Å². The number of ether oxygens (including phenoxy) is 1. The third-order valence-electron chi connectivity index (χ3n) is 2.49. The standard InChI is InChI=1S/C14H12O3.C3H8/c1-17-11-7-8-12(13(15)9-11)14(16)10-5-3-2-4-6-10;1-3-2/h2-9,15H,1H3;3H2,1-2H3. The second-order valence-electron chi connectivity index (χ2n) is 4.29. The van der Waals surface area contributed by atoms with Gasteiger partial charge < -0.3 is 9.84 Å². The van der Waals surface area contributed by atoms with Crippen molar-refractivity contribution >= 4 is 5.78 Å². The van der Waals surface area contributed by atoms with Gasteiger partial charge in [0, 0.05) is 11.6 Å². The second-order valence-corrected chi connectivity index (χ2v) is 4.29. The summed E-state index contributed by atoms with van der Waals surface area (Å²) in [5, 5.41) is 9.75. The van der Waals surface area contributed by atoms with E-state index in [9.17, 15) is 9.90 Å². The highest BCUT2D eigenvalue weighted by molar-refractivity contribution is 6.10. The van der Waals surface area contributed by atoms with Crippen LogP contribution in [0.4, 0.5) is 0 Å². The summed E-state index contributed by atoms with van der Waals surface area (Å²) in [6.45, 7) is 4.25. The van der Waals surface area contributed by atoms with Gasteiger partial charge in [0.05, 0.1) is 12.7 Å². The molecule has 3 heteroatoms. The number of methoxy groups -OCH3 is 1. The Balaban J connectivity index is 0.000000612. The van der Waals surface area contributed by atoms with Crippen molar-refractivity contribution in [2.24, 2.45) is 0 Å². The molecule has 2 aromatic carbocycles. The molecule has 0 heterocycles. The topological polar surface area (TPSA) is 46.5 Å². The van der Waals surface area contributed by atoms with Crippen molar-refractivity contribution in [2.45, 2.75) is 20.3 Å². The van der Waals surface area contributed by atoms with E-state index in [-0.39, 0.29) is 17.1 Å². The van der Waals surface area contributed by atoms with E-state index in [1.807, 2.05) is 6.07 Å². The van der Waals surface area contributed by atoms with Crippen LogP contribution in [0.3, 0.4) is 0 Å². The van der Waals surface area contributed by atoms with E-state index in [2.05, 4.69) is 13.8 Å². The van der Waals surface area contributed by atoms with E-state index < -0.39 is 0 Å². The van der Waals surface area contributed by atoms with Crippen LogP contribution in [0.2, 0.25) is 0 Å². The highest BCUT2D eigenvalue weighted by Crippen LogP contribution is 2.25. The Labute approximate surface area is 119 Å². The SMILES string of the molecule is CCC.COc1ccc(C(=O)c2ccccc2)c(O)c1. The number of carbonyl (C=O) groups excluding carboxylic acids is 1. The largest absolute Gasteiger partial charge is 0.507 e. The second kappa shape index (κ2) is 8.00. The first kappa shape index (κ1) is 15.8. The Kier molecular flexibility index (Phi) is 6.30. The van der Waals surface area contributed by atoms with Gasteiger partial charge in [0.25, 0.3) is 0 Å². The van der Waals surface area contributed by atoms with Crippen LogP contribution >= 0.6 is 0 Å². The van der Waals surface area contributed by atoms with Crippen molar-refractivity contribution in [3.63, 3.8) is 0 Å². The lowest BCUT2D eigenvalue weighted by Crippen LogP contribution is -2.01. The molecule has 0 atom stereocenters. The van der Waals surface area contributed by atoms with Crippen molar-refractivity contribution in [1.82, 2.24) is 0 Å². The number of hydrogen-bond donors (Lipinski definition) is 1. The van der Waals surface area contributed by atoms with E-state index in [0.717, 1.165) is 0 Å². The van der Waals surface area contributed by atoms with Gasteiger partial charge in [0.2, 0.25) is 0 Å². The van der Waals surface area contributed by atoms with Crippen LogP contribution in [0, 0.1) is 0 Å². The van der Waals surface area contributed by atoms with Gasteiger partial charge in [-0.3, -0.25) is 4.79 Å². The minimum absolute atomic E-state index is 0.0711. The van der Waals surface area contributed by atoms with E-state index in [0.29, 0.717) is 11.3 Å². The molecular formula is C17H20O3. The lowest BCUT2D eigenvalue weighted by molar-refractivity contribution is 0.103. The normalized spacial score (nSPS) is 9.35. The van der Waals surface area contributed by atoms with Gasteiger partial charge in [-0.25, -0.2) is 0 Å². The van der Waals surface area contributed by atoms with Gasteiger partial charge in [0.15, 0.2) is 5.78 Å². The first-order valence-corrected chi connectivity index (χ1v) is 6.60. The minimum atomic E-state index is -0.203. The number of phenols is 1. The number of rotatable bonds is 3. The zero-order chi connectivity index (χ0) is 15.0. The molecule has 0 spiro atoms. The van der Waals surface area contributed by atoms with Gasteiger partial charge >= 0.3 is 0 Å². The minimum Gasteiger partial charge on any atom is -0.507 e. The number of phenolic OH excluding ortho intramolecular Hbond substituents is 1. The highest BCUT2D eigenvalue weighted by atomic mass is 16.5. The summed E-state index contributed by atoms with van der Waals surface area (Å²) >= 11 is 0. The molecule has 0 saturated heterocycles. The lowest BCUT2D eigenvalue weighted by Gasteiger charge is -2.06. The fourth-order valence-corrected chi connectivity index (χ4v) is 1.58. The molecule has 0 aliphatic heterocycles. The number of benzene rings is 2. The monoisotopic (exact) mass is 272 g/mol. The Morgan fingerprint density at radius 1 is 1.10 bits per heavy atom. The van der Waals surface area contributed by atoms with Crippen LogP contribution in [0.15, 0.2) is 48.5 Å². The zero-order valence-corrected chi connectivity index (χ0v) is 12.1. The molecular weight excluding hydrogens is 252 g/mol. The summed E-state index contributed by atoms with van der Waals surface area (Å²) in [6.07, 6.45) is 1.25. The van der Waals surface area contributed by atoms with E-state index >= 15 is 0 Å². The molecule has 0 bridgehead atoms. The van der Waals surface area contributed by atoms with Crippen molar-refractivity contribution in [3.8, 4) is 11.5 Å². The van der Waals surface area contributed by atoms with Gasteiger partial charge in [0.1, 0.15) is 11.5 Å². The molecule has 0 unspecified atom stereocenters. The van der Waals surface area contributed by atoms with E-state index in [4.69, 9.17) is 4.74 Å². The van der Waals surface area contributed by atoms with Gasteiger partial charge in [-0.15, -0.1) is 0 Å². The Morgan fingerprint density at radius 3 is 2.20 bits per heavy atom. The smallest absolute Gasteiger partial charge is 0.196 e. The molecule has 2 rings (SSSR count). The summed E-state index contributed by atoms with van der Waals surface area (Å²) < 4.78 is 4.96. The molecule has 0 aromatic heterocycles. The summed E-state index contributed by atoms with van der Waals surface area (Å²) in [5.41, 5.74) is 0.824. The fourth-order valence-electron chi connectivity index (χ4n) is 1.58. The molecule has 3 nitrogen and oxygen atoms in total. The zero-order valence-electron chi connectivity index (χ0n) is 12.1. The van der Waals surface area contributed by atoms with Crippen molar-refractivity contribution in [2.75, 3.05) is 7.11 Å². The Morgan fingerprint density at radius 2 is 1.70 bits per heavy atom. The van der Waals surface area contributed by atoms with Crippen LogP contribution in [-0.4, -0.2) is 18.0 Å². The maximum absolute atomic E-state index is 12.1. The van der Waals surface area contributed by atoms with Crippen molar-refractivity contribution < 1.29 is 14.6 Å². The average Bonchev–Trinajstić information content (AvgIpc) is 2.48. The molecule has 1 N–H and O–H groups in total. The predicted molar refractivity (Wildman–Crippen MR) is 80.5 cm³/mol. The summed E-state index contributed by atoms with van der Waals surface area (Å²) in [6, 6.07) is 13.5. The average molecular weight is 272 g/mol. The maximum Gasteiger partial charge on any atom is 0.196 e. The molecule has 2 aromatic rings. The number of hydrogen-bond acceptors (Lipinski definition) is 3. The molecule has 0 amide bonds. The fraction of sp³-hybridized carbons (Fsp3) is 0.235. The lowest BCUT2D eigenvalue weighted by atomic mass is 10.0. The predicted octanol–water partition coefficient (Wildman–Crippen LogP) is 4.05. The van der Waals surface area contributed by atoms with Crippen molar-refractivity contribution in [3.05, 3.63) is 59.7 Å². The van der Waals surface area contributed by atoms with E-state index in [1.54, 1.807) is 36.4 Å². The van der Waals surface area contributed by atoms with E-state index in [1.165, 1.54) is 19.6 Å². The molecule has 0 fully saturated rings. The quantitative estimate of drug-likeness (QED) is 0.857. The number of ketones is 1. The van der Waals surface area contributed by atoms with Crippen LogP contribution in [-0.2, 0) is 0 Å². The maximum atomic E-state index is 12.1. The number of carbonyl (C=O) groups is 1. The molecule has 0 saturated carbocycles. The first-order chi connectivity index (χ1) is 9.63. The van der Waals surface area contributed by atoms with Crippen molar-refractivity contribution in [1.29, 1.82) is 0 Å². The van der Waals surface area contributed by atoms with Gasteiger partial charge in [-0.05, 0) is 12.1 Å². The van der Waals surface area contributed by atoms with Crippen LogP contribution in [0.1, 0.15) is 36.2 Å². The van der Waals surface area contributed by atoms with Crippen LogP contribution in [0.25, 0.3) is 0 Å². The highest BCUT2D eigenvalue weighted by Gasteiger charge is 2.13. The number of aromatic hydroxyl groups is 1. The Bertz CT molecular complexity index is 547. The molecule has 106 valence electrons. The third kappa shape index (κ3) is 4.12.